The first kappa shape index (κ1) is 13.9. The summed E-state index contributed by atoms with van der Waals surface area (Å²) in [5.74, 6) is -0.658. The molecule has 2 amide bonds. The Bertz CT molecular complexity index is 233. The van der Waals surface area contributed by atoms with Gasteiger partial charge in [0.25, 0.3) is 5.91 Å². The minimum atomic E-state index is -1.43. The first-order valence-electron chi connectivity index (χ1n) is 5.05. The van der Waals surface area contributed by atoms with Gasteiger partial charge in [-0.25, -0.2) is 0 Å². The second kappa shape index (κ2) is 5.70. The van der Waals surface area contributed by atoms with Crippen molar-refractivity contribution in [2.45, 2.75) is 32.8 Å². The Labute approximate surface area is 90.5 Å². The highest BCUT2D eigenvalue weighted by molar-refractivity contribution is 5.88. The first-order chi connectivity index (χ1) is 6.82. The van der Waals surface area contributed by atoms with Crippen LogP contribution < -0.4 is 5.32 Å². The highest BCUT2D eigenvalue weighted by Crippen LogP contribution is 2.07. The largest absolute Gasteiger partial charge is 0.381 e. The summed E-state index contributed by atoms with van der Waals surface area (Å²) in [5, 5.41) is 12.0. The molecule has 0 saturated carbocycles. The Morgan fingerprint density at radius 2 is 1.93 bits per heavy atom. The SMILES string of the molecule is CCCN(CC(=O)NC)C(=O)C(C)(C)O. The van der Waals surface area contributed by atoms with Gasteiger partial charge in [0.15, 0.2) is 0 Å². The van der Waals surface area contributed by atoms with Gasteiger partial charge < -0.3 is 15.3 Å². The van der Waals surface area contributed by atoms with Gasteiger partial charge in [-0.2, -0.15) is 0 Å². The Balaban J connectivity index is 4.52. The predicted molar refractivity (Wildman–Crippen MR) is 57.2 cm³/mol. The summed E-state index contributed by atoms with van der Waals surface area (Å²) in [6, 6.07) is 0. The number of nitrogens with one attached hydrogen (secondary N) is 1. The summed E-state index contributed by atoms with van der Waals surface area (Å²) in [6.07, 6.45) is 0.749. The number of nitrogens with zero attached hydrogens (tertiary/aromatic N) is 1. The van der Waals surface area contributed by atoms with Gasteiger partial charge in [0.1, 0.15) is 5.60 Å². The molecule has 0 aliphatic heterocycles. The van der Waals surface area contributed by atoms with Crippen LogP contribution in [0.4, 0.5) is 0 Å². The van der Waals surface area contributed by atoms with E-state index in [1.165, 1.54) is 25.8 Å². The van der Waals surface area contributed by atoms with E-state index < -0.39 is 11.5 Å². The van der Waals surface area contributed by atoms with Crippen LogP contribution in [0.2, 0.25) is 0 Å². The van der Waals surface area contributed by atoms with Crippen LogP contribution in [0.3, 0.4) is 0 Å². The van der Waals surface area contributed by atoms with Crippen molar-refractivity contribution in [3.8, 4) is 0 Å². The number of amides is 2. The third-order valence-electron chi connectivity index (χ3n) is 1.92. The summed E-state index contributed by atoms with van der Waals surface area (Å²) >= 11 is 0. The fourth-order valence-corrected chi connectivity index (χ4v) is 1.16. The summed E-state index contributed by atoms with van der Waals surface area (Å²) in [4.78, 5) is 24.2. The number of carbonyl (C=O) groups is 2. The van der Waals surface area contributed by atoms with Crippen molar-refractivity contribution in [1.82, 2.24) is 10.2 Å². The molecule has 88 valence electrons. The van der Waals surface area contributed by atoms with Crippen LogP contribution in [-0.4, -0.2) is 47.6 Å². The van der Waals surface area contributed by atoms with Crippen LogP contribution >= 0.6 is 0 Å². The molecule has 0 spiro atoms. The Hall–Kier alpha value is -1.10. The molecule has 0 rings (SSSR count). The second-order valence-electron chi connectivity index (χ2n) is 3.96. The lowest BCUT2D eigenvalue weighted by Gasteiger charge is -2.27. The third kappa shape index (κ3) is 4.78. The molecule has 0 aliphatic carbocycles. The Kier molecular flexibility index (Phi) is 5.28. The number of carbonyl (C=O) groups excluding carboxylic acids is 2. The van der Waals surface area contributed by atoms with Gasteiger partial charge in [-0.15, -0.1) is 0 Å². The van der Waals surface area contributed by atoms with E-state index in [0.29, 0.717) is 6.54 Å². The standard InChI is InChI=1S/C10H20N2O3/c1-5-6-12(7-8(13)11-4)9(14)10(2,3)15/h15H,5-7H2,1-4H3,(H,11,13). The van der Waals surface area contributed by atoms with Gasteiger partial charge in [-0.1, -0.05) is 6.92 Å². The quantitative estimate of drug-likeness (QED) is 0.665. The lowest BCUT2D eigenvalue weighted by atomic mass is 10.1. The highest BCUT2D eigenvalue weighted by atomic mass is 16.3. The normalized spacial score (nSPS) is 11.0. The number of rotatable bonds is 5. The van der Waals surface area contributed by atoms with Crippen LogP contribution in [0, 0.1) is 0 Å². The lowest BCUT2D eigenvalue weighted by molar-refractivity contribution is -0.150. The zero-order valence-electron chi connectivity index (χ0n) is 9.83. The van der Waals surface area contributed by atoms with Gasteiger partial charge in [0.2, 0.25) is 5.91 Å². The van der Waals surface area contributed by atoms with Crippen molar-refractivity contribution in [2.75, 3.05) is 20.1 Å². The molecule has 0 bridgehead atoms. The smallest absolute Gasteiger partial charge is 0.254 e. The molecule has 0 radical (unpaired) electrons. The maximum absolute atomic E-state index is 11.7. The van der Waals surface area contributed by atoms with E-state index in [2.05, 4.69) is 5.32 Å². The maximum atomic E-state index is 11.7. The van der Waals surface area contributed by atoms with Gasteiger partial charge in [0, 0.05) is 13.6 Å². The predicted octanol–water partition coefficient (Wildman–Crippen LogP) is -0.258. The van der Waals surface area contributed by atoms with Crippen LogP contribution in [0.1, 0.15) is 27.2 Å². The average molecular weight is 216 g/mol. The third-order valence-corrected chi connectivity index (χ3v) is 1.92. The first-order valence-corrected chi connectivity index (χ1v) is 5.05. The van der Waals surface area contributed by atoms with Crippen molar-refractivity contribution in [3.05, 3.63) is 0 Å². The average Bonchev–Trinajstić information content (AvgIpc) is 2.14. The van der Waals surface area contributed by atoms with Crippen LogP contribution in [0.25, 0.3) is 0 Å². The molecule has 15 heavy (non-hydrogen) atoms. The zero-order chi connectivity index (χ0) is 12.1. The minimum Gasteiger partial charge on any atom is -0.381 e. The monoisotopic (exact) mass is 216 g/mol. The molecule has 0 saturated heterocycles. The molecule has 0 atom stereocenters. The zero-order valence-corrected chi connectivity index (χ0v) is 9.83. The Morgan fingerprint density at radius 3 is 2.27 bits per heavy atom. The van der Waals surface area contributed by atoms with Gasteiger partial charge in [0.05, 0.1) is 6.54 Å². The van der Waals surface area contributed by atoms with Crippen molar-refractivity contribution < 1.29 is 14.7 Å². The molecular formula is C10H20N2O3. The number of aliphatic hydroxyl groups is 1. The van der Waals surface area contributed by atoms with E-state index in [1.54, 1.807) is 0 Å². The van der Waals surface area contributed by atoms with Crippen molar-refractivity contribution in [3.63, 3.8) is 0 Å². The second-order valence-corrected chi connectivity index (χ2v) is 3.96. The molecule has 0 fully saturated rings. The Morgan fingerprint density at radius 1 is 1.40 bits per heavy atom. The summed E-state index contributed by atoms with van der Waals surface area (Å²) in [7, 11) is 1.51. The number of hydrogen-bond donors (Lipinski definition) is 2. The molecule has 0 aromatic carbocycles. The van der Waals surface area contributed by atoms with E-state index in [9.17, 15) is 14.7 Å². The molecule has 2 N–H and O–H groups in total. The molecule has 0 aromatic heterocycles. The fraction of sp³-hybridized carbons (Fsp3) is 0.800. The van der Waals surface area contributed by atoms with Gasteiger partial charge >= 0.3 is 0 Å². The summed E-state index contributed by atoms with van der Waals surface area (Å²) in [6.45, 7) is 5.21. The van der Waals surface area contributed by atoms with Crippen molar-refractivity contribution >= 4 is 11.8 Å². The fourth-order valence-electron chi connectivity index (χ4n) is 1.16. The number of likely N-dealkylation sites (N-methyl/N-ethyl adjacent to an activating group) is 1. The van der Waals surface area contributed by atoms with Crippen LogP contribution in [0.15, 0.2) is 0 Å². The molecule has 0 aromatic rings. The number of hydrogen-bond acceptors (Lipinski definition) is 3. The minimum absolute atomic E-state index is 0.00678. The maximum Gasteiger partial charge on any atom is 0.254 e. The topological polar surface area (TPSA) is 69.6 Å². The molecule has 0 aliphatic rings. The highest BCUT2D eigenvalue weighted by Gasteiger charge is 2.29. The van der Waals surface area contributed by atoms with Gasteiger partial charge in [-0.05, 0) is 20.3 Å². The van der Waals surface area contributed by atoms with Crippen molar-refractivity contribution in [1.29, 1.82) is 0 Å². The summed E-state index contributed by atoms with van der Waals surface area (Å²) < 4.78 is 0. The molecule has 0 unspecified atom stereocenters. The van der Waals surface area contributed by atoms with Gasteiger partial charge in [-0.3, -0.25) is 9.59 Å². The molecule has 5 nitrogen and oxygen atoms in total. The van der Waals surface area contributed by atoms with Crippen LogP contribution in [-0.2, 0) is 9.59 Å². The van der Waals surface area contributed by atoms with E-state index in [1.807, 2.05) is 6.92 Å². The van der Waals surface area contributed by atoms with Crippen molar-refractivity contribution in [2.24, 2.45) is 0 Å². The van der Waals surface area contributed by atoms with E-state index in [-0.39, 0.29) is 12.5 Å². The van der Waals surface area contributed by atoms with E-state index in [0.717, 1.165) is 6.42 Å². The summed E-state index contributed by atoms with van der Waals surface area (Å²) in [5.41, 5.74) is -1.43. The molecule has 5 heteroatoms. The van der Waals surface area contributed by atoms with E-state index >= 15 is 0 Å². The van der Waals surface area contributed by atoms with E-state index in [4.69, 9.17) is 0 Å². The molecule has 0 heterocycles. The van der Waals surface area contributed by atoms with Crippen LogP contribution in [0.5, 0.6) is 0 Å². The lowest BCUT2D eigenvalue weighted by Crippen LogP contribution is -2.48. The molecular weight excluding hydrogens is 196 g/mol.